The number of hydrogen-bond donors (Lipinski definition) is 1. The summed E-state index contributed by atoms with van der Waals surface area (Å²) in [7, 11) is 0. The third-order valence-electron chi connectivity index (χ3n) is 5.35. The Morgan fingerprint density at radius 3 is 2.88 bits per heavy atom. The Labute approximate surface area is 151 Å². The summed E-state index contributed by atoms with van der Waals surface area (Å²) in [6.07, 6.45) is 1.53. The number of rotatable bonds is 0. The molecule has 6 nitrogen and oxygen atoms in total. The number of amides is 3. The van der Waals surface area contributed by atoms with Gasteiger partial charge in [0, 0.05) is 28.0 Å². The van der Waals surface area contributed by atoms with Crippen molar-refractivity contribution in [1.29, 1.82) is 0 Å². The van der Waals surface area contributed by atoms with Gasteiger partial charge < -0.3 is 15.1 Å². The summed E-state index contributed by atoms with van der Waals surface area (Å²) in [5.74, 6) is 0.117. The molecular weight excluding hydrogens is 394 g/mol. The van der Waals surface area contributed by atoms with Crippen LogP contribution in [0.1, 0.15) is 18.4 Å². The number of anilines is 1. The van der Waals surface area contributed by atoms with Crippen molar-refractivity contribution in [3.05, 3.63) is 28.2 Å². The van der Waals surface area contributed by atoms with Crippen LogP contribution in [0.3, 0.4) is 0 Å². The molecule has 4 heterocycles. The zero-order chi connectivity index (χ0) is 16.6. The zero-order valence-electron chi connectivity index (χ0n) is 12.6. The number of halogens is 1. The molecule has 1 N–H and O–H groups in total. The van der Waals surface area contributed by atoms with Crippen molar-refractivity contribution in [2.24, 2.45) is 0 Å². The van der Waals surface area contributed by atoms with Gasteiger partial charge >= 0.3 is 0 Å². The van der Waals surface area contributed by atoms with Crippen LogP contribution in [0, 0.1) is 0 Å². The van der Waals surface area contributed by atoms with E-state index in [2.05, 4.69) is 21.2 Å². The SMILES string of the molecule is O=C1[C@@H]2CS[C@]3(C(=O)Nc4ccc(Br)cc43)N2C(=O)[C@@H]2CCCN12. The lowest BCUT2D eigenvalue weighted by atomic mass is 9.99. The molecule has 8 heteroatoms. The minimum atomic E-state index is -1.12. The fraction of sp³-hybridized carbons (Fsp3) is 0.438. The predicted molar refractivity (Wildman–Crippen MR) is 92.3 cm³/mol. The number of benzene rings is 1. The average Bonchev–Trinajstić information content (AvgIpc) is 3.25. The van der Waals surface area contributed by atoms with E-state index in [0.717, 1.165) is 16.5 Å². The lowest BCUT2D eigenvalue weighted by molar-refractivity contribution is -0.162. The highest BCUT2D eigenvalue weighted by Crippen LogP contribution is 2.56. The largest absolute Gasteiger partial charge is 0.329 e. The van der Waals surface area contributed by atoms with Gasteiger partial charge in [-0.05, 0) is 31.0 Å². The van der Waals surface area contributed by atoms with Crippen molar-refractivity contribution in [2.45, 2.75) is 29.8 Å². The highest BCUT2D eigenvalue weighted by Gasteiger charge is 2.65. The van der Waals surface area contributed by atoms with E-state index in [0.29, 0.717) is 24.4 Å². The monoisotopic (exact) mass is 407 g/mol. The van der Waals surface area contributed by atoms with Gasteiger partial charge in [0.05, 0.1) is 0 Å². The number of fused-ring (bicyclic) bond motifs is 5. The van der Waals surface area contributed by atoms with Crippen molar-refractivity contribution < 1.29 is 14.4 Å². The number of nitrogens with one attached hydrogen (secondary N) is 1. The van der Waals surface area contributed by atoms with E-state index in [1.54, 1.807) is 9.80 Å². The first kappa shape index (κ1) is 14.8. The smallest absolute Gasteiger partial charge is 0.265 e. The molecule has 3 saturated heterocycles. The van der Waals surface area contributed by atoms with E-state index in [-0.39, 0.29) is 17.7 Å². The maximum Gasteiger partial charge on any atom is 0.265 e. The Balaban J connectivity index is 1.69. The van der Waals surface area contributed by atoms with Gasteiger partial charge in [0.25, 0.3) is 5.91 Å². The summed E-state index contributed by atoms with van der Waals surface area (Å²) >= 11 is 4.84. The molecule has 0 bridgehead atoms. The maximum absolute atomic E-state index is 13.2. The maximum atomic E-state index is 13.2. The van der Waals surface area contributed by atoms with Crippen LogP contribution >= 0.6 is 27.7 Å². The van der Waals surface area contributed by atoms with Crippen molar-refractivity contribution >= 4 is 51.1 Å². The summed E-state index contributed by atoms with van der Waals surface area (Å²) < 4.78 is 0.847. The third kappa shape index (κ3) is 1.61. The van der Waals surface area contributed by atoms with Crippen LogP contribution in [0.4, 0.5) is 5.69 Å². The number of carbonyl (C=O) groups excluding carboxylic acids is 3. The average molecular weight is 408 g/mol. The predicted octanol–water partition coefficient (Wildman–Crippen LogP) is 1.50. The van der Waals surface area contributed by atoms with Crippen LogP contribution in [-0.2, 0) is 19.3 Å². The fourth-order valence-electron chi connectivity index (χ4n) is 4.31. The van der Waals surface area contributed by atoms with Crippen molar-refractivity contribution in [3.63, 3.8) is 0 Å². The molecule has 0 unspecified atom stereocenters. The minimum absolute atomic E-state index is 0.0160. The molecule has 0 aliphatic carbocycles. The Morgan fingerprint density at radius 2 is 2.04 bits per heavy atom. The second-order valence-corrected chi connectivity index (χ2v) is 8.64. The molecule has 24 heavy (non-hydrogen) atoms. The van der Waals surface area contributed by atoms with Crippen LogP contribution in [0.5, 0.6) is 0 Å². The van der Waals surface area contributed by atoms with E-state index in [4.69, 9.17) is 0 Å². The molecule has 3 amide bonds. The number of nitrogens with zero attached hydrogens (tertiary/aromatic N) is 2. The lowest BCUT2D eigenvalue weighted by Crippen LogP contribution is -2.66. The molecule has 4 aliphatic heterocycles. The van der Waals surface area contributed by atoms with Gasteiger partial charge in [-0.25, -0.2) is 0 Å². The first-order valence-electron chi connectivity index (χ1n) is 7.93. The molecule has 1 aromatic carbocycles. The first-order chi connectivity index (χ1) is 11.5. The molecule has 0 saturated carbocycles. The lowest BCUT2D eigenvalue weighted by Gasteiger charge is -2.43. The molecule has 0 aromatic heterocycles. The number of hydrogen-bond acceptors (Lipinski definition) is 4. The highest BCUT2D eigenvalue weighted by molar-refractivity contribution is 9.10. The van der Waals surface area contributed by atoms with E-state index < -0.39 is 17.0 Å². The Bertz CT molecular complexity index is 816. The van der Waals surface area contributed by atoms with E-state index >= 15 is 0 Å². The summed E-state index contributed by atoms with van der Waals surface area (Å²) in [6.45, 7) is 0.644. The Hall–Kier alpha value is -1.54. The molecule has 3 fully saturated rings. The topological polar surface area (TPSA) is 69.7 Å². The molecule has 1 aromatic rings. The second kappa shape index (κ2) is 4.76. The molecule has 0 radical (unpaired) electrons. The number of thioether (sulfide) groups is 1. The number of piperazine rings is 1. The first-order valence-corrected chi connectivity index (χ1v) is 9.71. The van der Waals surface area contributed by atoms with E-state index in [1.807, 2.05) is 18.2 Å². The van der Waals surface area contributed by atoms with Gasteiger partial charge in [-0.1, -0.05) is 15.9 Å². The van der Waals surface area contributed by atoms with Gasteiger partial charge in [-0.15, -0.1) is 11.8 Å². The van der Waals surface area contributed by atoms with Gasteiger partial charge in [0.15, 0.2) is 4.87 Å². The summed E-state index contributed by atoms with van der Waals surface area (Å²) in [5.41, 5.74) is 1.48. The standard InChI is InChI=1S/C16H14BrN3O3S/c17-8-3-4-10-9(6-8)16(15(23)18-10)20-12(7-24-16)13(21)19-5-1-2-11(19)14(20)22/h3-4,6,11-12H,1-2,5,7H2,(H,18,23)/t11-,12-,16+/m0/s1. The Kier molecular flexibility index (Phi) is 2.93. The van der Waals surface area contributed by atoms with Crippen LogP contribution in [0.15, 0.2) is 22.7 Å². The van der Waals surface area contributed by atoms with Crippen molar-refractivity contribution in [2.75, 3.05) is 17.6 Å². The second-order valence-electron chi connectivity index (χ2n) is 6.51. The van der Waals surface area contributed by atoms with Gasteiger partial charge in [-0.3, -0.25) is 14.4 Å². The van der Waals surface area contributed by atoms with Gasteiger partial charge in [-0.2, -0.15) is 0 Å². The van der Waals surface area contributed by atoms with Crippen LogP contribution in [0.2, 0.25) is 0 Å². The number of carbonyl (C=O) groups is 3. The van der Waals surface area contributed by atoms with Crippen molar-refractivity contribution in [3.8, 4) is 0 Å². The molecule has 1 spiro atoms. The van der Waals surface area contributed by atoms with Crippen LogP contribution in [0.25, 0.3) is 0 Å². The van der Waals surface area contributed by atoms with Crippen LogP contribution < -0.4 is 5.32 Å². The molecule has 4 aliphatic rings. The van der Waals surface area contributed by atoms with E-state index in [1.165, 1.54) is 11.8 Å². The van der Waals surface area contributed by atoms with E-state index in [9.17, 15) is 14.4 Å². The molecule has 3 atom stereocenters. The highest BCUT2D eigenvalue weighted by atomic mass is 79.9. The Morgan fingerprint density at radius 1 is 1.21 bits per heavy atom. The summed E-state index contributed by atoms with van der Waals surface area (Å²) in [4.78, 5) is 41.1. The van der Waals surface area contributed by atoms with Crippen molar-refractivity contribution in [1.82, 2.24) is 9.80 Å². The van der Waals surface area contributed by atoms with Crippen LogP contribution in [-0.4, -0.2) is 51.9 Å². The molecule has 124 valence electrons. The normalized spacial score (nSPS) is 33.8. The quantitative estimate of drug-likeness (QED) is 0.707. The van der Waals surface area contributed by atoms with Gasteiger partial charge in [0.1, 0.15) is 12.1 Å². The third-order valence-corrected chi connectivity index (χ3v) is 7.34. The molecular formula is C16H14BrN3O3S. The summed E-state index contributed by atoms with van der Waals surface area (Å²) in [5, 5.41) is 2.89. The fourth-order valence-corrected chi connectivity index (χ4v) is 6.23. The van der Waals surface area contributed by atoms with Gasteiger partial charge in [0.2, 0.25) is 11.8 Å². The minimum Gasteiger partial charge on any atom is -0.329 e. The molecule has 5 rings (SSSR count). The zero-order valence-corrected chi connectivity index (χ0v) is 15.0. The summed E-state index contributed by atoms with van der Waals surface area (Å²) in [6, 6.07) is 4.61.